The molecular weight excluding hydrogens is 219 g/mol. The van der Waals surface area contributed by atoms with E-state index in [1.54, 1.807) is 6.07 Å². The average molecular weight is 224 g/mol. The number of nitrogens with zero attached hydrogens (tertiary/aromatic N) is 1. The van der Waals surface area contributed by atoms with Crippen molar-refractivity contribution < 1.29 is 5.48 Å². The molecule has 0 amide bonds. The monoisotopic (exact) mass is 223 g/mol. The van der Waals surface area contributed by atoms with E-state index in [1.165, 1.54) is 6.20 Å². The second-order valence-corrected chi connectivity index (χ2v) is 2.63. The molecule has 0 aliphatic heterocycles. The minimum atomic E-state index is 0. The summed E-state index contributed by atoms with van der Waals surface area (Å²) in [4.78, 5) is 3.68. The van der Waals surface area contributed by atoms with E-state index in [-0.39, 0.29) is 40.2 Å². The third-order valence-electron chi connectivity index (χ3n) is 0.763. The molecule has 1 aromatic rings. The predicted octanol–water partition coefficient (Wildman–Crippen LogP) is 1.57. The third-order valence-corrected chi connectivity index (χ3v) is 1.66. The summed E-state index contributed by atoms with van der Waals surface area (Å²) in [6.07, 6.45) is 1.44. The van der Waals surface area contributed by atoms with E-state index in [0.717, 1.165) is 0 Å². The van der Waals surface area contributed by atoms with Crippen molar-refractivity contribution in [3.05, 3.63) is 27.5 Å². The Kier molecular flexibility index (Phi) is 8.56. The average Bonchev–Trinajstić information content (AvgIpc) is 1.80. The van der Waals surface area contributed by atoms with Gasteiger partial charge in [-0.25, -0.2) is 4.98 Å². The molecule has 0 saturated heterocycles. The van der Waals surface area contributed by atoms with E-state index in [4.69, 9.17) is 34.8 Å². The SMILES string of the molecule is Clc1cnc(Cl)c(Cl)c1.O.[NaH]. The van der Waals surface area contributed by atoms with Crippen LogP contribution in [0.4, 0.5) is 0 Å². The predicted molar refractivity (Wildman–Crippen MR) is 50.0 cm³/mol. The van der Waals surface area contributed by atoms with Crippen molar-refractivity contribution in [2.24, 2.45) is 0 Å². The van der Waals surface area contributed by atoms with Crippen LogP contribution in [-0.2, 0) is 0 Å². The fraction of sp³-hybridized carbons (Fsp3) is 0. The first-order valence-corrected chi connectivity index (χ1v) is 3.30. The summed E-state index contributed by atoms with van der Waals surface area (Å²) in [6.45, 7) is 0. The molecule has 0 bridgehead atoms. The third kappa shape index (κ3) is 4.53. The number of halogens is 3. The second kappa shape index (κ2) is 6.49. The van der Waals surface area contributed by atoms with Crippen molar-refractivity contribution >= 4 is 64.4 Å². The first-order valence-electron chi connectivity index (χ1n) is 2.16. The Balaban J connectivity index is 0. The summed E-state index contributed by atoms with van der Waals surface area (Å²) in [5.74, 6) is 0. The van der Waals surface area contributed by atoms with Crippen LogP contribution in [0.25, 0.3) is 0 Å². The molecule has 1 heterocycles. The zero-order valence-electron chi connectivity index (χ0n) is 4.74. The molecule has 2 nitrogen and oxygen atoms in total. The maximum absolute atomic E-state index is 5.54. The molecule has 0 aliphatic rings. The van der Waals surface area contributed by atoms with Crippen molar-refractivity contribution in [2.45, 2.75) is 0 Å². The fourth-order valence-corrected chi connectivity index (χ4v) is 0.881. The van der Waals surface area contributed by atoms with E-state index in [2.05, 4.69) is 4.98 Å². The van der Waals surface area contributed by atoms with E-state index in [9.17, 15) is 0 Å². The van der Waals surface area contributed by atoms with Gasteiger partial charge < -0.3 is 5.48 Å². The van der Waals surface area contributed by atoms with Gasteiger partial charge in [0, 0.05) is 6.20 Å². The van der Waals surface area contributed by atoms with E-state index >= 15 is 0 Å². The van der Waals surface area contributed by atoms with Crippen molar-refractivity contribution in [2.75, 3.05) is 0 Å². The van der Waals surface area contributed by atoms with Crippen LogP contribution < -0.4 is 0 Å². The molecule has 0 saturated carbocycles. The molecule has 1 rings (SSSR count). The van der Waals surface area contributed by atoms with Crippen molar-refractivity contribution in [3.63, 3.8) is 0 Å². The molecule has 11 heavy (non-hydrogen) atoms. The topological polar surface area (TPSA) is 44.4 Å². The first-order chi connectivity index (χ1) is 4.20. The molecule has 0 radical (unpaired) electrons. The summed E-state index contributed by atoms with van der Waals surface area (Å²) < 4.78 is 0. The molecular formula is C5H5Cl3NNaO. The number of rotatable bonds is 0. The minimum absolute atomic E-state index is 0. The van der Waals surface area contributed by atoms with Gasteiger partial charge in [0.15, 0.2) is 0 Å². The number of aromatic nitrogens is 1. The van der Waals surface area contributed by atoms with Gasteiger partial charge >= 0.3 is 29.6 Å². The Hall–Kier alpha value is 0.980. The van der Waals surface area contributed by atoms with Crippen molar-refractivity contribution in [3.8, 4) is 0 Å². The van der Waals surface area contributed by atoms with Crippen molar-refractivity contribution in [1.29, 1.82) is 0 Å². The zero-order valence-corrected chi connectivity index (χ0v) is 7.00. The van der Waals surface area contributed by atoms with Crippen LogP contribution in [0, 0.1) is 0 Å². The molecule has 0 aliphatic carbocycles. The van der Waals surface area contributed by atoms with Gasteiger partial charge in [0.1, 0.15) is 5.15 Å². The van der Waals surface area contributed by atoms with Gasteiger partial charge in [-0.15, -0.1) is 0 Å². The molecule has 0 fully saturated rings. The van der Waals surface area contributed by atoms with Crippen LogP contribution in [-0.4, -0.2) is 40.0 Å². The summed E-state index contributed by atoms with van der Waals surface area (Å²) >= 11 is 16.5. The summed E-state index contributed by atoms with van der Waals surface area (Å²) in [7, 11) is 0. The van der Waals surface area contributed by atoms with Gasteiger partial charge in [0.2, 0.25) is 0 Å². The number of hydrogen-bond acceptors (Lipinski definition) is 1. The Labute approximate surface area is 101 Å². The van der Waals surface area contributed by atoms with Crippen LogP contribution in [0.2, 0.25) is 15.2 Å². The van der Waals surface area contributed by atoms with Gasteiger partial charge in [-0.3, -0.25) is 0 Å². The molecule has 0 spiro atoms. The van der Waals surface area contributed by atoms with Crippen molar-refractivity contribution in [1.82, 2.24) is 4.98 Å². The normalized spacial score (nSPS) is 7.91. The second-order valence-electron chi connectivity index (χ2n) is 1.43. The summed E-state index contributed by atoms with van der Waals surface area (Å²) in [5.41, 5.74) is 0. The molecule has 2 N–H and O–H groups in total. The van der Waals surface area contributed by atoms with Gasteiger partial charge in [-0.05, 0) is 6.07 Å². The van der Waals surface area contributed by atoms with Crippen LogP contribution in [0.1, 0.15) is 0 Å². The quantitative estimate of drug-likeness (QED) is 0.487. The Morgan fingerprint density at radius 3 is 2.09 bits per heavy atom. The molecule has 0 aromatic carbocycles. The molecule has 1 aromatic heterocycles. The van der Waals surface area contributed by atoms with Crippen LogP contribution in [0.3, 0.4) is 0 Å². The van der Waals surface area contributed by atoms with Crippen LogP contribution >= 0.6 is 34.8 Å². The molecule has 0 unspecified atom stereocenters. The zero-order chi connectivity index (χ0) is 6.85. The van der Waals surface area contributed by atoms with Crippen LogP contribution in [0.5, 0.6) is 0 Å². The number of hydrogen-bond donors (Lipinski definition) is 0. The van der Waals surface area contributed by atoms with E-state index < -0.39 is 0 Å². The number of pyridine rings is 1. The van der Waals surface area contributed by atoms with Gasteiger partial charge in [0.05, 0.1) is 10.0 Å². The van der Waals surface area contributed by atoms with E-state index in [1.807, 2.05) is 0 Å². The molecule has 0 atom stereocenters. The Morgan fingerprint density at radius 2 is 1.73 bits per heavy atom. The molecule has 58 valence electrons. The van der Waals surface area contributed by atoms with Gasteiger partial charge in [0.25, 0.3) is 0 Å². The maximum atomic E-state index is 5.54. The van der Waals surface area contributed by atoms with E-state index in [0.29, 0.717) is 10.0 Å². The van der Waals surface area contributed by atoms with Gasteiger partial charge in [-0.2, -0.15) is 0 Å². The Bertz CT molecular complexity index is 233. The van der Waals surface area contributed by atoms with Gasteiger partial charge in [-0.1, -0.05) is 34.8 Å². The fourth-order valence-electron chi connectivity index (χ4n) is 0.398. The standard InChI is InChI=1S/C5H2Cl3N.Na.H2O.H/c6-3-1-4(7)5(8)9-2-3;;;/h1-2H;;1H2;. The first kappa shape index (κ1) is 14.5. The molecule has 6 heteroatoms. The summed E-state index contributed by atoms with van der Waals surface area (Å²) in [6, 6.07) is 1.54. The Morgan fingerprint density at radius 1 is 1.18 bits per heavy atom. The van der Waals surface area contributed by atoms with Crippen LogP contribution in [0.15, 0.2) is 12.3 Å². The summed E-state index contributed by atoms with van der Waals surface area (Å²) in [5, 5.41) is 1.15.